The zero-order chi connectivity index (χ0) is 22.6. The van der Waals surface area contributed by atoms with Crippen LogP contribution < -0.4 is 15.1 Å². The van der Waals surface area contributed by atoms with Crippen molar-refractivity contribution in [3.8, 4) is 5.75 Å². The third-order valence-corrected chi connectivity index (χ3v) is 6.87. The van der Waals surface area contributed by atoms with Gasteiger partial charge in [0.05, 0.1) is 29.3 Å². The summed E-state index contributed by atoms with van der Waals surface area (Å²) < 4.78 is 11.5. The number of aromatic nitrogens is 1. The Morgan fingerprint density at radius 2 is 1.91 bits per heavy atom. The molecule has 1 amide bonds. The molecular weight excluding hydrogens is 448 g/mol. The van der Waals surface area contributed by atoms with Gasteiger partial charge in [-0.15, -0.1) is 11.3 Å². The molecule has 3 heterocycles. The standard InChI is InChI=1S/C24H19ClN2O4S/c1-4-30-16-8-5-14(6-9-16)20-19-21(28)17-11-15(25)7-10-18(17)31-22(19)23(29)27(20)24-26-12(2)13(3)32-24/h5-11,20H,4H2,1-3H3/t20-/m1/s1. The van der Waals surface area contributed by atoms with E-state index in [1.54, 1.807) is 23.1 Å². The van der Waals surface area contributed by atoms with Crippen LogP contribution in [-0.2, 0) is 0 Å². The molecule has 2 aromatic carbocycles. The van der Waals surface area contributed by atoms with Crippen molar-refractivity contribution in [2.45, 2.75) is 26.8 Å². The highest BCUT2D eigenvalue weighted by Gasteiger charge is 2.45. The minimum Gasteiger partial charge on any atom is -0.494 e. The van der Waals surface area contributed by atoms with Gasteiger partial charge in [-0.25, -0.2) is 4.98 Å². The Bertz CT molecular complexity index is 1410. The Hall–Kier alpha value is -3.16. The van der Waals surface area contributed by atoms with E-state index in [9.17, 15) is 9.59 Å². The Morgan fingerprint density at radius 3 is 2.56 bits per heavy atom. The van der Waals surface area contributed by atoms with Crippen LogP contribution in [0.15, 0.2) is 51.7 Å². The smallest absolute Gasteiger partial charge is 0.297 e. The van der Waals surface area contributed by atoms with Gasteiger partial charge in [0.2, 0.25) is 5.76 Å². The van der Waals surface area contributed by atoms with Crippen molar-refractivity contribution in [3.63, 3.8) is 0 Å². The van der Waals surface area contributed by atoms with Gasteiger partial charge in [0.15, 0.2) is 10.6 Å². The number of carbonyl (C=O) groups is 1. The highest BCUT2D eigenvalue weighted by molar-refractivity contribution is 7.15. The molecule has 5 rings (SSSR count). The van der Waals surface area contributed by atoms with Crippen molar-refractivity contribution in [1.29, 1.82) is 0 Å². The summed E-state index contributed by atoms with van der Waals surface area (Å²) in [5.74, 6) is 0.362. The molecule has 0 saturated heterocycles. The third-order valence-electron chi connectivity index (χ3n) is 5.56. The van der Waals surface area contributed by atoms with Crippen LogP contribution in [0, 0.1) is 13.8 Å². The van der Waals surface area contributed by atoms with Gasteiger partial charge in [-0.05, 0) is 56.7 Å². The van der Waals surface area contributed by atoms with E-state index in [1.807, 2.05) is 45.0 Å². The second-order valence-electron chi connectivity index (χ2n) is 7.53. The summed E-state index contributed by atoms with van der Waals surface area (Å²) in [5.41, 5.74) is 1.95. The first kappa shape index (κ1) is 20.7. The van der Waals surface area contributed by atoms with E-state index >= 15 is 0 Å². The molecule has 8 heteroatoms. The van der Waals surface area contributed by atoms with Crippen LogP contribution in [0.5, 0.6) is 5.75 Å². The van der Waals surface area contributed by atoms with E-state index < -0.39 is 6.04 Å². The summed E-state index contributed by atoms with van der Waals surface area (Å²) >= 11 is 7.55. The molecule has 6 nitrogen and oxygen atoms in total. The van der Waals surface area contributed by atoms with Crippen molar-refractivity contribution in [3.05, 3.63) is 85.2 Å². The topological polar surface area (TPSA) is 72.6 Å². The molecule has 2 aromatic heterocycles. The minimum absolute atomic E-state index is 0.0363. The fourth-order valence-corrected chi connectivity index (χ4v) is 5.04. The van der Waals surface area contributed by atoms with E-state index in [-0.39, 0.29) is 17.1 Å². The van der Waals surface area contributed by atoms with Crippen molar-refractivity contribution in [2.24, 2.45) is 0 Å². The lowest BCUT2D eigenvalue weighted by molar-refractivity contribution is 0.0971. The maximum atomic E-state index is 13.6. The van der Waals surface area contributed by atoms with Crippen molar-refractivity contribution in [2.75, 3.05) is 11.5 Å². The highest BCUT2D eigenvalue weighted by Crippen LogP contribution is 2.43. The monoisotopic (exact) mass is 466 g/mol. The molecule has 162 valence electrons. The molecule has 0 radical (unpaired) electrons. The number of benzene rings is 2. The minimum atomic E-state index is -0.669. The lowest BCUT2D eigenvalue weighted by Crippen LogP contribution is -2.29. The predicted molar refractivity (Wildman–Crippen MR) is 125 cm³/mol. The van der Waals surface area contributed by atoms with Gasteiger partial charge in [-0.3, -0.25) is 14.5 Å². The van der Waals surface area contributed by atoms with Gasteiger partial charge in [-0.1, -0.05) is 23.7 Å². The number of rotatable bonds is 4. The van der Waals surface area contributed by atoms with Crippen LogP contribution in [0.25, 0.3) is 11.0 Å². The first-order valence-electron chi connectivity index (χ1n) is 10.2. The van der Waals surface area contributed by atoms with Crippen LogP contribution in [0.3, 0.4) is 0 Å². The summed E-state index contributed by atoms with van der Waals surface area (Å²) in [7, 11) is 0. The Labute approximate surface area is 193 Å². The van der Waals surface area contributed by atoms with Crippen molar-refractivity contribution >= 4 is 44.9 Å². The quantitative estimate of drug-likeness (QED) is 0.387. The summed E-state index contributed by atoms with van der Waals surface area (Å²) in [4.78, 5) is 34.3. The number of nitrogens with zero attached hydrogens (tertiary/aromatic N) is 2. The average Bonchev–Trinajstić information content (AvgIpc) is 3.26. The molecule has 0 fully saturated rings. The number of carbonyl (C=O) groups excluding carboxylic acids is 1. The molecule has 0 spiro atoms. The molecule has 4 aromatic rings. The zero-order valence-corrected chi connectivity index (χ0v) is 19.2. The molecule has 32 heavy (non-hydrogen) atoms. The largest absolute Gasteiger partial charge is 0.494 e. The van der Waals surface area contributed by atoms with Crippen LogP contribution in [0.2, 0.25) is 5.02 Å². The van der Waals surface area contributed by atoms with E-state index in [2.05, 4.69) is 4.98 Å². The van der Waals surface area contributed by atoms with Gasteiger partial charge < -0.3 is 9.15 Å². The lowest BCUT2D eigenvalue weighted by atomic mass is 9.98. The molecule has 0 unspecified atom stereocenters. The van der Waals surface area contributed by atoms with Gasteiger partial charge in [-0.2, -0.15) is 0 Å². The first-order chi connectivity index (χ1) is 15.4. The Morgan fingerprint density at radius 1 is 1.16 bits per heavy atom. The summed E-state index contributed by atoms with van der Waals surface area (Å²) in [6, 6.07) is 11.5. The van der Waals surface area contributed by atoms with Crippen LogP contribution in [-0.4, -0.2) is 17.5 Å². The van der Waals surface area contributed by atoms with Gasteiger partial charge >= 0.3 is 0 Å². The number of amides is 1. The molecule has 0 saturated carbocycles. The molecular formula is C24H19ClN2O4S. The average molecular weight is 467 g/mol. The van der Waals surface area contributed by atoms with E-state index in [1.165, 1.54) is 11.3 Å². The molecule has 1 aliphatic heterocycles. The van der Waals surface area contributed by atoms with Crippen LogP contribution >= 0.6 is 22.9 Å². The number of fused-ring (bicyclic) bond motifs is 2. The normalized spacial score (nSPS) is 15.4. The summed E-state index contributed by atoms with van der Waals surface area (Å²) in [6.07, 6.45) is 0. The molecule has 0 bridgehead atoms. The highest BCUT2D eigenvalue weighted by atomic mass is 35.5. The number of aryl methyl sites for hydroxylation is 2. The molecule has 0 aliphatic carbocycles. The molecule has 1 atom stereocenters. The number of halogens is 1. The lowest BCUT2D eigenvalue weighted by Gasteiger charge is -2.22. The second-order valence-corrected chi connectivity index (χ2v) is 9.15. The Kier molecular flexibility index (Phi) is 5.03. The fraction of sp³-hybridized carbons (Fsp3) is 0.208. The van der Waals surface area contributed by atoms with E-state index in [0.717, 1.165) is 16.1 Å². The fourth-order valence-electron chi connectivity index (χ4n) is 3.93. The maximum Gasteiger partial charge on any atom is 0.297 e. The van der Waals surface area contributed by atoms with E-state index in [4.69, 9.17) is 20.8 Å². The summed E-state index contributed by atoms with van der Waals surface area (Å²) in [5, 5.41) is 1.29. The number of ether oxygens (including phenoxy) is 1. The van der Waals surface area contributed by atoms with Crippen molar-refractivity contribution in [1.82, 2.24) is 4.98 Å². The summed E-state index contributed by atoms with van der Waals surface area (Å²) in [6.45, 7) is 6.31. The maximum absolute atomic E-state index is 13.6. The van der Waals surface area contributed by atoms with Gasteiger partial charge in [0.1, 0.15) is 11.3 Å². The number of thiazole rings is 1. The molecule has 1 aliphatic rings. The van der Waals surface area contributed by atoms with Crippen molar-refractivity contribution < 1.29 is 13.9 Å². The molecule has 0 N–H and O–H groups in total. The first-order valence-corrected chi connectivity index (χ1v) is 11.3. The number of hydrogen-bond donors (Lipinski definition) is 0. The second kappa shape index (κ2) is 7.76. The van der Waals surface area contributed by atoms with Gasteiger partial charge in [0, 0.05) is 9.90 Å². The Balaban J connectivity index is 1.77. The van der Waals surface area contributed by atoms with E-state index in [0.29, 0.717) is 39.0 Å². The number of anilines is 1. The third kappa shape index (κ3) is 3.20. The number of hydrogen-bond acceptors (Lipinski definition) is 6. The van der Waals surface area contributed by atoms with Crippen LogP contribution in [0.1, 0.15) is 45.2 Å². The zero-order valence-electron chi connectivity index (χ0n) is 17.6. The van der Waals surface area contributed by atoms with Gasteiger partial charge in [0.25, 0.3) is 5.91 Å². The SMILES string of the molecule is CCOc1ccc([C@@H]2c3c(oc4ccc(Cl)cc4c3=O)C(=O)N2c2nc(C)c(C)s2)cc1. The van der Waals surface area contributed by atoms with Crippen LogP contribution in [0.4, 0.5) is 5.13 Å². The predicted octanol–water partition coefficient (Wildman–Crippen LogP) is 5.67.